The predicted molar refractivity (Wildman–Crippen MR) is 124 cm³/mol. The van der Waals surface area contributed by atoms with E-state index in [0.29, 0.717) is 29.5 Å². The first-order valence-corrected chi connectivity index (χ1v) is 13.1. The molecule has 3 heterocycles. The van der Waals surface area contributed by atoms with Crippen LogP contribution in [0, 0.1) is 0 Å². The smallest absolute Gasteiger partial charge is 0.244 e. The average Bonchev–Trinajstić information content (AvgIpc) is 2.92. The Labute approximate surface area is 192 Å². The summed E-state index contributed by atoms with van der Waals surface area (Å²) in [5, 5.41) is 3.42. The largest absolute Gasteiger partial charge is 0.324 e. The van der Waals surface area contributed by atoms with Gasteiger partial charge in [-0.15, -0.1) is 0 Å². The molecule has 1 aromatic heterocycles. The number of amides is 2. The average molecular weight is 475 g/mol. The van der Waals surface area contributed by atoms with Crippen LogP contribution in [0.1, 0.15) is 32.6 Å². The molecule has 0 spiro atoms. The van der Waals surface area contributed by atoms with Gasteiger partial charge in [-0.1, -0.05) is 30.3 Å². The molecule has 0 bridgehead atoms. The Kier molecular flexibility index (Phi) is 6.82. The van der Waals surface area contributed by atoms with Gasteiger partial charge in [0.05, 0.1) is 22.2 Å². The third kappa shape index (κ3) is 4.82. The van der Waals surface area contributed by atoms with Crippen molar-refractivity contribution in [2.45, 2.75) is 48.6 Å². The Balaban J connectivity index is 1.44. The number of para-hydroxylation sites is 2. The van der Waals surface area contributed by atoms with E-state index in [-0.39, 0.29) is 34.9 Å². The van der Waals surface area contributed by atoms with E-state index in [4.69, 9.17) is 0 Å². The van der Waals surface area contributed by atoms with E-state index in [1.54, 1.807) is 23.1 Å². The van der Waals surface area contributed by atoms with E-state index in [1.165, 1.54) is 22.3 Å². The Morgan fingerprint density at radius 3 is 2.62 bits per heavy atom. The lowest BCUT2D eigenvalue weighted by Crippen LogP contribution is -2.40. The van der Waals surface area contributed by atoms with Crippen LogP contribution in [0.4, 0.5) is 11.4 Å². The zero-order chi connectivity index (χ0) is 22.7. The molecule has 170 valence electrons. The number of fused-ring (bicyclic) bond motifs is 1. The third-order valence-corrected chi connectivity index (χ3v) is 8.44. The molecule has 8 nitrogen and oxygen atoms in total. The van der Waals surface area contributed by atoms with Crippen molar-refractivity contribution in [1.82, 2.24) is 9.29 Å². The van der Waals surface area contributed by atoms with Gasteiger partial charge < -0.3 is 10.2 Å². The molecule has 2 aromatic rings. The lowest BCUT2D eigenvalue weighted by Gasteiger charge is -2.27. The monoisotopic (exact) mass is 474 g/mol. The molecule has 1 aromatic carbocycles. The summed E-state index contributed by atoms with van der Waals surface area (Å²) in [6.07, 6.45) is 4.39. The number of sulfonamides is 1. The molecule has 32 heavy (non-hydrogen) atoms. The van der Waals surface area contributed by atoms with Gasteiger partial charge in [-0.2, -0.15) is 4.31 Å². The molecule has 0 unspecified atom stereocenters. The number of hydrogen-bond acceptors (Lipinski definition) is 6. The summed E-state index contributed by atoms with van der Waals surface area (Å²) in [5.41, 5.74) is 1.29. The molecule has 1 fully saturated rings. The SMILES string of the molecule is C[C@@H]1CC(=O)Nc2ccccc2N1C(=O)CSc1ccc(S(=O)(=O)N2CCCCC2)cn1. The molecule has 4 rings (SSSR count). The minimum atomic E-state index is -3.53. The maximum Gasteiger partial charge on any atom is 0.244 e. The van der Waals surface area contributed by atoms with Crippen molar-refractivity contribution >= 4 is 45.0 Å². The first kappa shape index (κ1) is 22.8. The van der Waals surface area contributed by atoms with Crippen LogP contribution in [0.3, 0.4) is 0 Å². The molecule has 1 atom stereocenters. The molecular weight excluding hydrogens is 448 g/mol. The number of thioether (sulfide) groups is 1. The highest BCUT2D eigenvalue weighted by atomic mass is 32.2. The molecule has 2 aliphatic rings. The second kappa shape index (κ2) is 9.60. The first-order valence-electron chi connectivity index (χ1n) is 10.7. The van der Waals surface area contributed by atoms with Crippen LogP contribution in [0.2, 0.25) is 0 Å². The van der Waals surface area contributed by atoms with Crippen molar-refractivity contribution in [3.05, 3.63) is 42.6 Å². The normalized spacial score (nSPS) is 19.7. The number of rotatable bonds is 5. The van der Waals surface area contributed by atoms with Crippen molar-refractivity contribution in [2.75, 3.05) is 29.1 Å². The number of anilines is 2. The summed E-state index contributed by atoms with van der Waals surface area (Å²) in [5.74, 6) is -0.142. The van der Waals surface area contributed by atoms with Crippen molar-refractivity contribution in [2.24, 2.45) is 0 Å². The van der Waals surface area contributed by atoms with Gasteiger partial charge in [-0.25, -0.2) is 13.4 Å². The summed E-state index contributed by atoms with van der Waals surface area (Å²) in [7, 11) is -3.53. The van der Waals surface area contributed by atoms with Crippen molar-refractivity contribution in [3.8, 4) is 0 Å². The van der Waals surface area contributed by atoms with E-state index in [1.807, 2.05) is 25.1 Å². The minimum Gasteiger partial charge on any atom is -0.324 e. The van der Waals surface area contributed by atoms with E-state index >= 15 is 0 Å². The highest BCUT2D eigenvalue weighted by molar-refractivity contribution is 7.99. The molecule has 0 saturated carbocycles. The van der Waals surface area contributed by atoms with E-state index in [0.717, 1.165) is 19.3 Å². The molecule has 2 aliphatic heterocycles. The van der Waals surface area contributed by atoms with Gasteiger partial charge in [0.2, 0.25) is 21.8 Å². The zero-order valence-corrected chi connectivity index (χ0v) is 19.5. The molecule has 2 amide bonds. The maximum atomic E-state index is 13.1. The summed E-state index contributed by atoms with van der Waals surface area (Å²) < 4.78 is 27.0. The number of carbonyl (C=O) groups is 2. The second-order valence-corrected chi connectivity index (χ2v) is 10.9. The molecule has 1 N–H and O–H groups in total. The van der Waals surface area contributed by atoms with Crippen LogP contribution in [-0.4, -0.2) is 54.4 Å². The summed E-state index contributed by atoms with van der Waals surface area (Å²) >= 11 is 1.25. The lowest BCUT2D eigenvalue weighted by molar-refractivity contribution is -0.117. The Morgan fingerprint density at radius 2 is 1.91 bits per heavy atom. The number of hydrogen-bond donors (Lipinski definition) is 1. The fourth-order valence-electron chi connectivity index (χ4n) is 4.03. The van der Waals surface area contributed by atoms with Crippen molar-refractivity contribution in [1.29, 1.82) is 0 Å². The van der Waals surface area contributed by atoms with E-state index in [9.17, 15) is 18.0 Å². The van der Waals surface area contributed by atoms with Gasteiger partial charge in [0.15, 0.2) is 0 Å². The van der Waals surface area contributed by atoms with E-state index < -0.39 is 10.0 Å². The van der Waals surface area contributed by atoms with Gasteiger partial charge in [-0.05, 0) is 44.0 Å². The van der Waals surface area contributed by atoms with Gasteiger partial charge in [-0.3, -0.25) is 9.59 Å². The molecule has 0 aliphatic carbocycles. The Morgan fingerprint density at radius 1 is 1.16 bits per heavy atom. The summed E-state index contributed by atoms with van der Waals surface area (Å²) in [4.78, 5) is 31.3. The lowest BCUT2D eigenvalue weighted by atomic mass is 10.2. The van der Waals surface area contributed by atoms with E-state index in [2.05, 4.69) is 10.3 Å². The number of benzene rings is 1. The van der Waals surface area contributed by atoms with Crippen LogP contribution in [0.5, 0.6) is 0 Å². The van der Waals surface area contributed by atoms with Gasteiger partial charge in [0, 0.05) is 31.7 Å². The van der Waals surface area contributed by atoms with Gasteiger partial charge in [0.25, 0.3) is 0 Å². The van der Waals surface area contributed by atoms with Crippen molar-refractivity contribution < 1.29 is 18.0 Å². The number of pyridine rings is 1. The quantitative estimate of drug-likeness (QED) is 0.669. The molecule has 0 radical (unpaired) electrons. The fraction of sp³-hybridized carbons (Fsp3) is 0.409. The number of nitrogens with zero attached hydrogens (tertiary/aromatic N) is 3. The number of piperidine rings is 1. The highest BCUT2D eigenvalue weighted by Gasteiger charge is 2.30. The van der Waals surface area contributed by atoms with Crippen molar-refractivity contribution in [3.63, 3.8) is 0 Å². The fourth-order valence-corrected chi connectivity index (χ4v) is 6.20. The summed E-state index contributed by atoms with van der Waals surface area (Å²) in [6.45, 7) is 2.93. The minimum absolute atomic E-state index is 0.123. The standard InChI is InChI=1S/C22H26N4O4S2/c1-16-13-20(27)24-18-7-3-4-8-19(18)26(16)22(28)15-31-21-10-9-17(14-23-21)32(29,30)25-11-5-2-6-12-25/h3-4,7-10,14,16H,2,5-6,11-13,15H2,1H3,(H,24,27)/t16-/m1/s1. The first-order chi connectivity index (χ1) is 15.4. The van der Waals surface area contributed by atoms with Crippen LogP contribution < -0.4 is 10.2 Å². The number of aromatic nitrogens is 1. The van der Waals surface area contributed by atoms with Gasteiger partial charge in [0.1, 0.15) is 4.90 Å². The number of carbonyl (C=O) groups excluding carboxylic acids is 2. The maximum absolute atomic E-state index is 13.1. The Hall–Kier alpha value is -2.43. The zero-order valence-electron chi connectivity index (χ0n) is 17.9. The Bertz CT molecular complexity index is 1100. The van der Waals surface area contributed by atoms with Crippen LogP contribution in [0.25, 0.3) is 0 Å². The molecule has 1 saturated heterocycles. The van der Waals surface area contributed by atoms with Crippen LogP contribution in [0.15, 0.2) is 52.5 Å². The number of nitrogens with one attached hydrogen (secondary N) is 1. The second-order valence-electron chi connectivity index (χ2n) is 7.97. The summed E-state index contributed by atoms with van der Waals surface area (Å²) in [6, 6.07) is 10.2. The van der Waals surface area contributed by atoms with Crippen LogP contribution >= 0.6 is 11.8 Å². The highest BCUT2D eigenvalue weighted by Crippen LogP contribution is 2.32. The van der Waals surface area contributed by atoms with Gasteiger partial charge >= 0.3 is 0 Å². The predicted octanol–water partition coefficient (Wildman–Crippen LogP) is 3.11. The third-order valence-electron chi connectivity index (χ3n) is 5.63. The van der Waals surface area contributed by atoms with Crippen LogP contribution in [-0.2, 0) is 19.6 Å². The molecule has 10 heteroatoms. The molecular formula is C22H26N4O4S2. The topological polar surface area (TPSA) is 99.7 Å².